The Balaban J connectivity index is 1.88. The summed E-state index contributed by atoms with van der Waals surface area (Å²) < 4.78 is 1.74. The maximum Gasteiger partial charge on any atom is 0.262 e. The zero-order valence-electron chi connectivity index (χ0n) is 15.2. The van der Waals surface area contributed by atoms with Crippen molar-refractivity contribution in [1.29, 1.82) is 0 Å². The number of hydrogen-bond acceptors (Lipinski definition) is 4. The molecular formula is C20H25N3O2S. The van der Waals surface area contributed by atoms with Crippen LogP contribution in [0.1, 0.15) is 39.0 Å². The van der Waals surface area contributed by atoms with E-state index < -0.39 is 0 Å². The molecule has 0 spiro atoms. The molecule has 0 saturated heterocycles. The fraction of sp³-hybridized carbons (Fsp3) is 0.450. The molecule has 1 aliphatic carbocycles. The van der Waals surface area contributed by atoms with Crippen molar-refractivity contribution in [1.82, 2.24) is 14.9 Å². The third-order valence-electron chi connectivity index (χ3n) is 4.57. The van der Waals surface area contributed by atoms with Crippen molar-refractivity contribution in [3.8, 4) is 0 Å². The van der Waals surface area contributed by atoms with E-state index in [1.807, 2.05) is 31.2 Å². The number of fused-ring (bicyclic) bond motifs is 1. The third kappa shape index (κ3) is 4.55. The van der Waals surface area contributed by atoms with Crippen LogP contribution in [-0.4, -0.2) is 27.8 Å². The number of aromatic nitrogens is 2. The van der Waals surface area contributed by atoms with Gasteiger partial charge in [-0.3, -0.25) is 14.2 Å². The standard InChI is InChI=1S/C20H25N3O2S/c1-2-21-18(24)14-26-20-22-17-11-7-6-10-16(17)19(25)23(20)13-12-15-8-4-3-5-9-15/h6-8,10-11H,2-5,9,12-14H2,1H3,(H,21,24). The Morgan fingerprint density at radius 3 is 2.92 bits per heavy atom. The number of carbonyl (C=O) groups excluding carboxylic acids is 1. The van der Waals surface area contributed by atoms with Gasteiger partial charge in [0.15, 0.2) is 5.16 Å². The van der Waals surface area contributed by atoms with Crippen LogP contribution in [0.15, 0.2) is 45.9 Å². The molecule has 0 saturated carbocycles. The predicted octanol–water partition coefficient (Wildman–Crippen LogP) is 3.52. The lowest BCUT2D eigenvalue weighted by Gasteiger charge is -2.16. The quantitative estimate of drug-likeness (QED) is 0.459. The van der Waals surface area contributed by atoms with E-state index in [0.29, 0.717) is 29.1 Å². The number of nitrogens with zero attached hydrogens (tertiary/aromatic N) is 2. The highest BCUT2D eigenvalue weighted by Gasteiger charge is 2.14. The SMILES string of the molecule is CCNC(=O)CSc1nc2ccccc2c(=O)n1CCC1=CCCCC1. The van der Waals surface area contributed by atoms with E-state index in [1.54, 1.807) is 4.57 Å². The molecule has 2 aromatic rings. The number of nitrogens with one attached hydrogen (secondary N) is 1. The van der Waals surface area contributed by atoms with Crippen molar-refractivity contribution in [2.24, 2.45) is 0 Å². The summed E-state index contributed by atoms with van der Waals surface area (Å²) in [4.78, 5) is 29.5. The monoisotopic (exact) mass is 371 g/mol. The number of para-hydroxylation sites is 1. The highest BCUT2D eigenvalue weighted by Crippen LogP contribution is 2.22. The number of hydrogen-bond donors (Lipinski definition) is 1. The van der Waals surface area contributed by atoms with Gasteiger partial charge in [0.2, 0.25) is 5.91 Å². The first-order valence-electron chi connectivity index (χ1n) is 9.26. The number of thioether (sulfide) groups is 1. The van der Waals surface area contributed by atoms with Crippen molar-refractivity contribution in [3.63, 3.8) is 0 Å². The molecule has 5 nitrogen and oxygen atoms in total. The lowest BCUT2D eigenvalue weighted by molar-refractivity contribution is -0.118. The van der Waals surface area contributed by atoms with Gasteiger partial charge in [0.05, 0.1) is 16.7 Å². The van der Waals surface area contributed by atoms with Crippen molar-refractivity contribution in [2.45, 2.75) is 50.7 Å². The summed E-state index contributed by atoms with van der Waals surface area (Å²) >= 11 is 1.33. The number of carbonyl (C=O) groups is 1. The van der Waals surface area contributed by atoms with Crippen LogP contribution in [0.4, 0.5) is 0 Å². The number of allylic oxidation sites excluding steroid dienone is 2. The molecule has 1 heterocycles. The molecular weight excluding hydrogens is 346 g/mol. The molecule has 0 atom stereocenters. The molecule has 0 fully saturated rings. The van der Waals surface area contributed by atoms with Gasteiger partial charge < -0.3 is 5.32 Å². The van der Waals surface area contributed by atoms with Crippen LogP contribution in [0.25, 0.3) is 10.9 Å². The summed E-state index contributed by atoms with van der Waals surface area (Å²) in [5.41, 5.74) is 2.09. The van der Waals surface area contributed by atoms with Crippen LogP contribution in [0.2, 0.25) is 0 Å². The average Bonchev–Trinajstić information content (AvgIpc) is 2.67. The Kier molecular flexibility index (Phi) is 6.50. The topological polar surface area (TPSA) is 64.0 Å². The van der Waals surface area contributed by atoms with Gasteiger partial charge >= 0.3 is 0 Å². The molecule has 3 rings (SSSR count). The van der Waals surface area contributed by atoms with Crippen molar-refractivity contribution in [2.75, 3.05) is 12.3 Å². The van der Waals surface area contributed by atoms with Gasteiger partial charge in [0.25, 0.3) is 5.56 Å². The summed E-state index contributed by atoms with van der Waals surface area (Å²) in [6, 6.07) is 7.41. The lowest BCUT2D eigenvalue weighted by Crippen LogP contribution is -2.27. The van der Waals surface area contributed by atoms with Gasteiger partial charge in [-0.25, -0.2) is 4.98 Å². The molecule has 1 amide bonds. The molecule has 6 heteroatoms. The Hall–Kier alpha value is -2.08. The van der Waals surface area contributed by atoms with Gasteiger partial charge in [-0.2, -0.15) is 0 Å². The minimum absolute atomic E-state index is 0.0228. The Morgan fingerprint density at radius 2 is 2.15 bits per heavy atom. The Labute approximate surface area is 157 Å². The van der Waals surface area contributed by atoms with E-state index in [9.17, 15) is 9.59 Å². The van der Waals surface area contributed by atoms with Crippen LogP contribution in [0, 0.1) is 0 Å². The van der Waals surface area contributed by atoms with E-state index in [4.69, 9.17) is 0 Å². The van der Waals surface area contributed by atoms with Crippen LogP contribution in [-0.2, 0) is 11.3 Å². The van der Waals surface area contributed by atoms with Gasteiger partial charge in [-0.1, -0.05) is 35.5 Å². The lowest BCUT2D eigenvalue weighted by atomic mass is 9.97. The van der Waals surface area contributed by atoms with Crippen molar-refractivity contribution in [3.05, 3.63) is 46.3 Å². The normalized spacial score (nSPS) is 14.3. The largest absolute Gasteiger partial charge is 0.356 e. The number of rotatable bonds is 7. The molecule has 1 aromatic carbocycles. The molecule has 1 aromatic heterocycles. The molecule has 1 aliphatic rings. The minimum Gasteiger partial charge on any atom is -0.356 e. The molecule has 0 radical (unpaired) electrons. The summed E-state index contributed by atoms with van der Waals surface area (Å²) in [5, 5.41) is 4.04. The summed E-state index contributed by atoms with van der Waals surface area (Å²) in [5.74, 6) is 0.225. The van der Waals surface area contributed by atoms with E-state index in [1.165, 1.54) is 30.2 Å². The summed E-state index contributed by atoms with van der Waals surface area (Å²) in [6.45, 7) is 3.11. The van der Waals surface area contributed by atoms with Crippen LogP contribution < -0.4 is 10.9 Å². The zero-order valence-corrected chi connectivity index (χ0v) is 16.0. The van der Waals surface area contributed by atoms with Crippen molar-refractivity contribution >= 4 is 28.6 Å². The Morgan fingerprint density at radius 1 is 1.31 bits per heavy atom. The molecule has 0 aliphatic heterocycles. The van der Waals surface area contributed by atoms with Crippen LogP contribution in [0.5, 0.6) is 0 Å². The maximum atomic E-state index is 13.0. The van der Waals surface area contributed by atoms with Crippen molar-refractivity contribution < 1.29 is 4.79 Å². The molecule has 1 N–H and O–H groups in total. The second-order valence-electron chi connectivity index (χ2n) is 6.47. The Bertz CT molecular complexity index is 873. The highest BCUT2D eigenvalue weighted by atomic mass is 32.2. The summed E-state index contributed by atoms with van der Waals surface area (Å²) in [6.07, 6.45) is 7.93. The second kappa shape index (κ2) is 9.03. The first-order valence-corrected chi connectivity index (χ1v) is 10.2. The first kappa shape index (κ1) is 18.7. The third-order valence-corrected chi connectivity index (χ3v) is 5.55. The minimum atomic E-state index is -0.0403. The van der Waals surface area contributed by atoms with E-state index in [-0.39, 0.29) is 17.2 Å². The number of amides is 1. The molecule has 138 valence electrons. The number of benzene rings is 1. The predicted molar refractivity (Wildman–Crippen MR) is 107 cm³/mol. The molecule has 0 bridgehead atoms. The smallest absolute Gasteiger partial charge is 0.262 e. The van der Waals surface area contributed by atoms with Gasteiger partial charge in [0.1, 0.15) is 0 Å². The molecule has 26 heavy (non-hydrogen) atoms. The van der Waals surface area contributed by atoms with E-state index in [0.717, 1.165) is 19.3 Å². The summed E-state index contributed by atoms with van der Waals surface area (Å²) in [7, 11) is 0. The fourth-order valence-corrected chi connectivity index (χ4v) is 4.08. The second-order valence-corrected chi connectivity index (χ2v) is 7.41. The van der Waals surface area contributed by atoms with Crippen LogP contribution in [0.3, 0.4) is 0 Å². The van der Waals surface area contributed by atoms with Gasteiger partial charge in [-0.15, -0.1) is 0 Å². The zero-order chi connectivity index (χ0) is 18.4. The van der Waals surface area contributed by atoms with Gasteiger partial charge in [0, 0.05) is 13.1 Å². The van der Waals surface area contributed by atoms with Gasteiger partial charge in [-0.05, 0) is 51.2 Å². The molecule has 0 unspecified atom stereocenters. The maximum absolute atomic E-state index is 13.0. The van der Waals surface area contributed by atoms with E-state index >= 15 is 0 Å². The van der Waals surface area contributed by atoms with E-state index in [2.05, 4.69) is 16.4 Å². The first-order chi connectivity index (χ1) is 12.7. The average molecular weight is 372 g/mol. The fourth-order valence-electron chi connectivity index (χ4n) is 3.22. The van der Waals surface area contributed by atoms with Crippen LogP contribution >= 0.6 is 11.8 Å². The highest BCUT2D eigenvalue weighted by molar-refractivity contribution is 7.99.